The molecular weight excluding hydrogens is 186 g/mol. The molecule has 1 heterocycles. The Kier molecular flexibility index (Phi) is 3.16. The summed E-state index contributed by atoms with van der Waals surface area (Å²) in [7, 11) is 4.73. The minimum absolute atomic E-state index is 0.262. The molecule has 1 N–H and O–H groups in total. The maximum absolute atomic E-state index is 11.1. The van der Waals surface area contributed by atoms with Gasteiger partial charge in [-0.2, -0.15) is 5.10 Å². The van der Waals surface area contributed by atoms with Crippen LogP contribution in [0.25, 0.3) is 0 Å². The van der Waals surface area contributed by atoms with E-state index in [1.165, 1.54) is 18.3 Å². The molecule has 14 heavy (non-hydrogen) atoms. The van der Waals surface area contributed by atoms with Crippen LogP contribution in [0, 0.1) is 0 Å². The normalized spacial score (nSPS) is 10.5. The Labute approximate surface area is 80.7 Å². The lowest BCUT2D eigenvalue weighted by Crippen LogP contribution is -2.01. The molecule has 0 saturated heterocycles. The van der Waals surface area contributed by atoms with Gasteiger partial charge in [0, 0.05) is 14.1 Å². The summed E-state index contributed by atoms with van der Waals surface area (Å²) >= 11 is 0. The molecule has 7 nitrogen and oxygen atoms in total. The first-order valence-corrected chi connectivity index (χ1v) is 3.86. The molecule has 0 bridgehead atoms. The van der Waals surface area contributed by atoms with E-state index >= 15 is 0 Å². The fraction of sp³-hybridized carbons (Fsp3) is 0.429. The lowest BCUT2D eigenvalue weighted by atomic mass is 10.3. The molecule has 0 aromatic carbocycles. The standard InChI is InChI=1S/C7H11N5O2/c1-12(2)11-10-6-5(4-8-9-6)7(13)14-3/h4H,1-3H3,(H,8,9)/b11-10+. The molecule has 0 amide bonds. The van der Waals surface area contributed by atoms with Crippen molar-refractivity contribution in [2.75, 3.05) is 21.2 Å². The topological polar surface area (TPSA) is 82.9 Å². The minimum Gasteiger partial charge on any atom is -0.465 e. The number of esters is 1. The summed E-state index contributed by atoms with van der Waals surface area (Å²) < 4.78 is 4.53. The molecule has 1 aromatic rings. The van der Waals surface area contributed by atoms with Crippen LogP contribution < -0.4 is 0 Å². The Morgan fingerprint density at radius 2 is 2.36 bits per heavy atom. The maximum Gasteiger partial charge on any atom is 0.343 e. The molecule has 0 aliphatic heterocycles. The molecule has 7 heteroatoms. The summed E-state index contributed by atoms with van der Waals surface area (Å²) in [6.07, 6.45) is 1.34. The predicted octanol–water partition coefficient (Wildman–Crippen LogP) is 0.757. The van der Waals surface area contributed by atoms with Gasteiger partial charge in [0.1, 0.15) is 5.56 Å². The number of methoxy groups -OCH3 is 1. The predicted molar refractivity (Wildman–Crippen MR) is 48.1 cm³/mol. The SMILES string of the molecule is COC(=O)c1cn[nH]c1/N=N/N(C)C. The van der Waals surface area contributed by atoms with Crippen LogP contribution >= 0.6 is 0 Å². The second-order valence-corrected chi connectivity index (χ2v) is 2.66. The van der Waals surface area contributed by atoms with Gasteiger partial charge in [0.05, 0.1) is 13.3 Å². The summed E-state index contributed by atoms with van der Waals surface area (Å²) in [6.45, 7) is 0. The molecule has 0 radical (unpaired) electrons. The number of rotatable bonds is 3. The third-order valence-electron chi connectivity index (χ3n) is 1.35. The van der Waals surface area contributed by atoms with E-state index in [0.717, 1.165) is 0 Å². The van der Waals surface area contributed by atoms with E-state index in [-0.39, 0.29) is 11.4 Å². The van der Waals surface area contributed by atoms with E-state index in [4.69, 9.17) is 0 Å². The Balaban J connectivity index is 2.88. The molecule has 0 aliphatic carbocycles. The first-order chi connectivity index (χ1) is 6.65. The van der Waals surface area contributed by atoms with Crippen LogP contribution in [0.5, 0.6) is 0 Å². The van der Waals surface area contributed by atoms with E-state index in [1.54, 1.807) is 14.1 Å². The van der Waals surface area contributed by atoms with Crippen LogP contribution in [0.1, 0.15) is 10.4 Å². The quantitative estimate of drug-likeness (QED) is 0.440. The third-order valence-corrected chi connectivity index (χ3v) is 1.35. The molecule has 0 spiro atoms. The van der Waals surface area contributed by atoms with E-state index in [2.05, 4.69) is 25.3 Å². The van der Waals surface area contributed by atoms with Gasteiger partial charge < -0.3 is 4.74 Å². The molecule has 0 saturated carbocycles. The molecule has 0 aliphatic rings. The first-order valence-electron chi connectivity index (χ1n) is 3.86. The van der Waals surface area contributed by atoms with Gasteiger partial charge >= 0.3 is 5.97 Å². The van der Waals surface area contributed by atoms with E-state index in [1.807, 2.05) is 0 Å². The number of hydrogen-bond acceptors (Lipinski definition) is 5. The molecule has 76 valence electrons. The number of aromatic amines is 1. The molecule has 0 unspecified atom stereocenters. The second kappa shape index (κ2) is 4.35. The Morgan fingerprint density at radius 3 is 2.93 bits per heavy atom. The zero-order chi connectivity index (χ0) is 10.6. The number of ether oxygens (including phenoxy) is 1. The van der Waals surface area contributed by atoms with Gasteiger partial charge in [-0.25, -0.2) is 4.79 Å². The Hall–Kier alpha value is -1.92. The summed E-state index contributed by atoms with van der Waals surface area (Å²) in [5.41, 5.74) is 0.262. The Bertz CT molecular complexity index is 344. The van der Waals surface area contributed by atoms with Crippen molar-refractivity contribution in [3.05, 3.63) is 11.8 Å². The van der Waals surface area contributed by atoms with Crippen molar-refractivity contribution in [2.45, 2.75) is 0 Å². The second-order valence-electron chi connectivity index (χ2n) is 2.66. The van der Waals surface area contributed by atoms with Gasteiger partial charge in [-0.3, -0.25) is 10.1 Å². The summed E-state index contributed by atoms with van der Waals surface area (Å²) in [5, 5.41) is 15.2. The highest BCUT2D eigenvalue weighted by atomic mass is 16.5. The van der Waals surface area contributed by atoms with E-state index in [0.29, 0.717) is 0 Å². The van der Waals surface area contributed by atoms with Crippen LogP contribution in [0.15, 0.2) is 16.5 Å². The number of nitrogens with zero attached hydrogens (tertiary/aromatic N) is 4. The number of aromatic nitrogens is 2. The monoisotopic (exact) mass is 197 g/mol. The first kappa shape index (κ1) is 10.2. The number of nitrogens with one attached hydrogen (secondary N) is 1. The van der Waals surface area contributed by atoms with Crippen molar-refractivity contribution in [1.29, 1.82) is 0 Å². The third kappa shape index (κ3) is 2.28. The number of H-pyrrole nitrogens is 1. The van der Waals surface area contributed by atoms with Crippen LogP contribution in [-0.4, -0.2) is 42.4 Å². The van der Waals surface area contributed by atoms with Crippen molar-refractivity contribution in [3.63, 3.8) is 0 Å². The lowest BCUT2D eigenvalue weighted by molar-refractivity contribution is 0.0601. The number of hydrogen-bond donors (Lipinski definition) is 1. The van der Waals surface area contributed by atoms with E-state index in [9.17, 15) is 4.79 Å². The lowest BCUT2D eigenvalue weighted by Gasteiger charge is -1.99. The molecule has 0 atom stereocenters. The van der Waals surface area contributed by atoms with Crippen molar-refractivity contribution in [3.8, 4) is 0 Å². The zero-order valence-corrected chi connectivity index (χ0v) is 8.18. The highest BCUT2D eigenvalue weighted by Crippen LogP contribution is 2.15. The van der Waals surface area contributed by atoms with Crippen molar-refractivity contribution < 1.29 is 9.53 Å². The van der Waals surface area contributed by atoms with Crippen LogP contribution in [-0.2, 0) is 4.74 Å². The van der Waals surface area contributed by atoms with Gasteiger partial charge in [-0.1, -0.05) is 5.22 Å². The summed E-state index contributed by atoms with van der Waals surface area (Å²) in [6, 6.07) is 0. The van der Waals surface area contributed by atoms with Crippen LogP contribution in [0.4, 0.5) is 5.82 Å². The number of carbonyl (C=O) groups excluding carboxylic acids is 1. The smallest absolute Gasteiger partial charge is 0.343 e. The van der Waals surface area contributed by atoms with Gasteiger partial charge in [0.2, 0.25) is 0 Å². The van der Waals surface area contributed by atoms with Gasteiger partial charge in [-0.05, 0) is 0 Å². The average Bonchev–Trinajstić information content (AvgIpc) is 2.61. The van der Waals surface area contributed by atoms with Gasteiger partial charge in [0.15, 0.2) is 5.82 Å². The molecular formula is C7H11N5O2. The van der Waals surface area contributed by atoms with Crippen LogP contribution in [0.3, 0.4) is 0 Å². The van der Waals surface area contributed by atoms with Crippen molar-refractivity contribution in [2.24, 2.45) is 10.3 Å². The van der Waals surface area contributed by atoms with Gasteiger partial charge in [-0.15, -0.1) is 5.11 Å². The highest BCUT2D eigenvalue weighted by molar-refractivity contribution is 5.93. The number of carbonyl (C=O) groups is 1. The molecule has 1 rings (SSSR count). The van der Waals surface area contributed by atoms with Crippen molar-refractivity contribution in [1.82, 2.24) is 15.2 Å². The highest BCUT2D eigenvalue weighted by Gasteiger charge is 2.13. The largest absolute Gasteiger partial charge is 0.465 e. The average molecular weight is 197 g/mol. The zero-order valence-electron chi connectivity index (χ0n) is 8.18. The summed E-state index contributed by atoms with van der Waals surface area (Å²) in [5.74, 6) is -0.211. The maximum atomic E-state index is 11.1. The Morgan fingerprint density at radius 1 is 1.64 bits per heavy atom. The fourth-order valence-corrected chi connectivity index (χ4v) is 0.749. The van der Waals surface area contributed by atoms with Crippen molar-refractivity contribution >= 4 is 11.8 Å². The summed E-state index contributed by atoms with van der Waals surface area (Å²) in [4.78, 5) is 11.1. The van der Waals surface area contributed by atoms with Crippen LogP contribution in [0.2, 0.25) is 0 Å². The molecule has 1 aromatic heterocycles. The van der Waals surface area contributed by atoms with Gasteiger partial charge in [0.25, 0.3) is 0 Å². The molecule has 0 fully saturated rings. The van der Waals surface area contributed by atoms with E-state index < -0.39 is 5.97 Å². The minimum atomic E-state index is -0.494. The fourth-order valence-electron chi connectivity index (χ4n) is 0.749.